The van der Waals surface area contributed by atoms with Crippen molar-refractivity contribution in [3.05, 3.63) is 33.0 Å². The normalized spacial score (nSPS) is 10.7. The molecule has 0 aliphatic rings. The van der Waals surface area contributed by atoms with Gasteiger partial charge in [0.05, 0.1) is 17.3 Å². The van der Waals surface area contributed by atoms with Gasteiger partial charge in [0.1, 0.15) is 10.4 Å². The van der Waals surface area contributed by atoms with Crippen LogP contribution < -0.4 is 4.74 Å². The van der Waals surface area contributed by atoms with Crippen molar-refractivity contribution < 1.29 is 4.74 Å². The Labute approximate surface area is 105 Å². The lowest BCUT2D eigenvalue weighted by atomic mass is 10.1. The van der Waals surface area contributed by atoms with Crippen molar-refractivity contribution in [3.63, 3.8) is 0 Å². The zero-order valence-electron chi connectivity index (χ0n) is 8.34. The molecule has 0 atom stereocenters. The van der Waals surface area contributed by atoms with E-state index in [-0.39, 0.29) is 0 Å². The number of methoxy groups -OCH3 is 1. The lowest BCUT2D eigenvalue weighted by Gasteiger charge is -2.10. The molecule has 78 valence electrons. The first-order chi connectivity index (χ1) is 7.15. The molecule has 1 aromatic heterocycles. The Hall–Kier alpha value is -0.610. The van der Waals surface area contributed by atoms with Crippen molar-refractivity contribution in [1.82, 2.24) is 4.98 Å². The molecule has 0 radical (unpaired) electrons. The van der Waals surface area contributed by atoms with Gasteiger partial charge in [-0.3, -0.25) is 0 Å². The average Bonchev–Trinajstić information content (AvgIpc) is 2.25. The van der Waals surface area contributed by atoms with Crippen LogP contribution in [-0.2, 0) is 0 Å². The molecular formula is C11H9Br2NO. The van der Waals surface area contributed by atoms with Gasteiger partial charge in [0.15, 0.2) is 0 Å². The molecule has 0 amide bonds. The van der Waals surface area contributed by atoms with Crippen LogP contribution in [0.1, 0.15) is 5.69 Å². The van der Waals surface area contributed by atoms with E-state index in [1.54, 1.807) is 7.11 Å². The Morgan fingerprint density at radius 2 is 2.00 bits per heavy atom. The molecule has 1 heterocycles. The smallest absolute Gasteiger partial charge is 0.127 e. The van der Waals surface area contributed by atoms with Gasteiger partial charge in [-0.2, -0.15) is 0 Å². The highest BCUT2D eigenvalue weighted by Crippen LogP contribution is 2.36. The van der Waals surface area contributed by atoms with Crippen LogP contribution in [0, 0.1) is 6.92 Å². The molecule has 0 spiro atoms. The SMILES string of the molecule is COc1cccc2c(Br)nc(C)c(Br)c12. The summed E-state index contributed by atoms with van der Waals surface area (Å²) in [6, 6.07) is 5.91. The summed E-state index contributed by atoms with van der Waals surface area (Å²) in [5.41, 5.74) is 0.943. The molecule has 0 unspecified atom stereocenters. The number of fused-ring (bicyclic) bond motifs is 1. The van der Waals surface area contributed by atoms with E-state index >= 15 is 0 Å². The molecule has 0 aliphatic carbocycles. The number of halogens is 2. The van der Waals surface area contributed by atoms with Gasteiger partial charge in [0, 0.05) is 10.8 Å². The van der Waals surface area contributed by atoms with E-state index in [0.29, 0.717) is 0 Å². The van der Waals surface area contributed by atoms with Crippen LogP contribution in [0.3, 0.4) is 0 Å². The predicted octanol–water partition coefficient (Wildman–Crippen LogP) is 4.08. The maximum absolute atomic E-state index is 5.34. The number of aromatic nitrogens is 1. The van der Waals surface area contributed by atoms with Crippen LogP contribution in [0.2, 0.25) is 0 Å². The molecule has 0 saturated heterocycles. The van der Waals surface area contributed by atoms with Gasteiger partial charge in [-0.25, -0.2) is 4.98 Å². The van der Waals surface area contributed by atoms with E-state index in [1.807, 2.05) is 25.1 Å². The van der Waals surface area contributed by atoms with Crippen molar-refractivity contribution in [3.8, 4) is 5.75 Å². The van der Waals surface area contributed by atoms with Crippen LogP contribution in [-0.4, -0.2) is 12.1 Å². The Kier molecular flexibility index (Phi) is 2.98. The van der Waals surface area contributed by atoms with Crippen LogP contribution >= 0.6 is 31.9 Å². The molecule has 1 aromatic carbocycles. The van der Waals surface area contributed by atoms with Crippen molar-refractivity contribution in [2.24, 2.45) is 0 Å². The topological polar surface area (TPSA) is 22.1 Å². The van der Waals surface area contributed by atoms with Gasteiger partial charge in [0.2, 0.25) is 0 Å². The third-order valence-electron chi connectivity index (χ3n) is 2.27. The van der Waals surface area contributed by atoms with E-state index in [1.165, 1.54) is 0 Å². The zero-order chi connectivity index (χ0) is 11.0. The fourth-order valence-electron chi connectivity index (χ4n) is 1.54. The molecular weight excluding hydrogens is 322 g/mol. The zero-order valence-corrected chi connectivity index (χ0v) is 11.5. The predicted molar refractivity (Wildman–Crippen MR) is 68.4 cm³/mol. The number of aryl methyl sites for hydroxylation is 1. The van der Waals surface area contributed by atoms with Gasteiger partial charge in [0.25, 0.3) is 0 Å². The molecule has 0 saturated carbocycles. The number of hydrogen-bond acceptors (Lipinski definition) is 2. The Morgan fingerprint density at radius 3 is 2.67 bits per heavy atom. The standard InChI is InChI=1S/C11H9Br2NO/c1-6-10(12)9-7(11(13)14-6)4-3-5-8(9)15-2/h3-5H,1-2H3. The van der Waals surface area contributed by atoms with E-state index in [9.17, 15) is 0 Å². The van der Waals surface area contributed by atoms with Crippen LogP contribution in [0.4, 0.5) is 0 Å². The fraction of sp³-hybridized carbons (Fsp3) is 0.182. The Balaban J connectivity index is 2.96. The molecule has 2 nitrogen and oxygen atoms in total. The van der Waals surface area contributed by atoms with Crippen molar-refractivity contribution >= 4 is 42.6 Å². The quantitative estimate of drug-likeness (QED) is 0.735. The van der Waals surface area contributed by atoms with E-state index in [0.717, 1.165) is 31.3 Å². The first kappa shape index (κ1) is 10.9. The van der Waals surface area contributed by atoms with Crippen molar-refractivity contribution in [1.29, 1.82) is 0 Å². The second-order valence-corrected chi connectivity index (χ2v) is 4.73. The molecule has 0 N–H and O–H groups in total. The highest BCUT2D eigenvalue weighted by atomic mass is 79.9. The number of ether oxygens (including phenoxy) is 1. The number of benzene rings is 1. The number of hydrogen-bond donors (Lipinski definition) is 0. The Morgan fingerprint density at radius 1 is 1.27 bits per heavy atom. The summed E-state index contributed by atoms with van der Waals surface area (Å²) in [5.74, 6) is 0.852. The molecule has 0 aliphatic heterocycles. The molecule has 2 rings (SSSR count). The second kappa shape index (κ2) is 4.10. The first-order valence-electron chi connectivity index (χ1n) is 4.43. The van der Waals surface area contributed by atoms with E-state index in [2.05, 4.69) is 36.8 Å². The summed E-state index contributed by atoms with van der Waals surface area (Å²) in [7, 11) is 1.67. The highest BCUT2D eigenvalue weighted by molar-refractivity contribution is 9.11. The fourth-order valence-corrected chi connectivity index (χ4v) is 2.63. The maximum atomic E-state index is 5.34. The number of pyridine rings is 1. The van der Waals surface area contributed by atoms with E-state index in [4.69, 9.17) is 4.74 Å². The van der Waals surface area contributed by atoms with Crippen LogP contribution in [0.5, 0.6) is 5.75 Å². The van der Waals surface area contributed by atoms with E-state index < -0.39 is 0 Å². The second-order valence-electron chi connectivity index (χ2n) is 3.18. The summed E-state index contributed by atoms with van der Waals surface area (Å²) in [5, 5.41) is 2.10. The first-order valence-corrected chi connectivity index (χ1v) is 6.02. The number of rotatable bonds is 1. The minimum Gasteiger partial charge on any atom is -0.496 e. The third-order valence-corrected chi connectivity index (χ3v) is 3.85. The third kappa shape index (κ3) is 1.76. The summed E-state index contributed by atoms with van der Waals surface area (Å²) in [4.78, 5) is 4.39. The lowest BCUT2D eigenvalue weighted by Crippen LogP contribution is -1.91. The van der Waals surface area contributed by atoms with Gasteiger partial charge < -0.3 is 4.74 Å². The molecule has 15 heavy (non-hydrogen) atoms. The van der Waals surface area contributed by atoms with Gasteiger partial charge in [-0.05, 0) is 44.8 Å². The molecule has 0 bridgehead atoms. The van der Waals surface area contributed by atoms with Gasteiger partial charge >= 0.3 is 0 Å². The van der Waals surface area contributed by atoms with Gasteiger partial charge in [-0.1, -0.05) is 12.1 Å². The van der Waals surface area contributed by atoms with Crippen molar-refractivity contribution in [2.75, 3.05) is 7.11 Å². The summed E-state index contributed by atoms with van der Waals surface area (Å²) >= 11 is 7.00. The monoisotopic (exact) mass is 329 g/mol. The van der Waals surface area contributed by atoms with Crippen molar-refractivity contribution in [2.45, 2.75) is 6.92 Å². The largest absolute Gasteiger partial charge is 0.496 e. The molecule has 4 heteroatoms. The highest BCUT2D eigenvalue weighted by Gasteiger charge is 2.11. The summed E-state index contributed by atoms with van der Waals surface area (Å²) in [6.45, 7) is 1.96. The Bertz CT molecular complexity index is 525. The number of nitrogens with zero attached hydrogens (tertiary/aromatic N) is 1. The lowest BCUT2D eigenvalue weighted by molar-refractivity contribution is 0.419. The minimum atomic E-state index is 0.845. The molecule has 2 aromatic rings. The van der Waals surface area contributed by atoms with Crippen LogP contribution in [0.25, 0.3) is 10.8 Å². The maximum Gasteiger partial charge on any atom is 0.127 e. The minimum absolute atomic E-state index is 0.845. The summed E-state index contributed by atoms with van der Waals surface area (Å²) in [6.07, 6.45) is 0. The average molecular weight is 331 g/mol. The van der Waals surface area contributed by atoms with Gasteiger partial charge in [-0.15, -0.1) is 0 Å². The van der Waals surface area contributed by atoms with Crippen LogP contribution in [0.15, 0.2) is 27.3 Å². The molecule has 0 fully saturated rings. The summed E-state index contributed by atoms with van der Waals surface area (Å²) < 4.78 is 7.17.